The second kappa shape index (κ2) is 12.2. The molecule has 0 saturated carbocycles. The molecule has 2 N–H and O–H groups in total. The van der Waals surface area contributed by atoms with E-state index in [9.17, 15) is 0 Å². The highest BCUT2D eigenvalue weighted by molar-refractivity contribution is 6.91. The van der Waals surface area contributed by atoms with Crippen LogP contribution in [0.25, 0.3) is 32.3 Å². The second-order valence-corrected chi connectivity index (χ2v) is 27.5. The minimum atomic E-state index is -1.52. The van der Waals surface area contributed by atoms with Gasteiger partial charge in [0.15, 0.2) is 0 Å². The highest BCUT2D eigenvalue weighted by Crippen LogP contribution is 2.46. The third-order valence-corrected chi connectivity index (χ3v) is 14.7. The van der Waals surface area contributed by atoms with Crippen molar-refractivity contribution in [1.82, 2.24) is 0 Å². The van der Waals surface area contributed by atoms with E-state index in [4.69, 9.17) is 0 Å². The Kier molecular flexibility index (Phi) is 8.73. The van der Waals surface area contributed by atoms with Crippen LogP contribution in [-0.2, 0) is 0 Å². The first-order chi connectivity index (χ1) is 22.0. The Balaban J connectivity index is 1.63. The molecule has 2 nitrogen and oxygen atoms in total. The number of aryl methyl sites for hydroxylation is 1. The average molecular weight is 669 g/mol. The number of hydrogen-bond donors (Lipinski definition) is 2. The zero-order valence-corrected chi connectivity index (χ0v) is 33.6. The van der Waals surface area contributed by atoms with Crippen LogP contribution in [0.1, 0.15) is 56.2 Å². The van der Waals surface area contributed by atoms with Gasteiger partial charge < -0.3 is 10.6 Å². The van der Waals surface area contributed by atoms with Crippen molar-refractivity contribution in [3.05, 3.63) is 89.5 Å². The van der Waals surface area contributed by atoms with Gasteiger partial charge in [-0.05, 0) is 93.4 Å². The number of anilines is 4. The van der Waals surface area contributed by atoms with E-state index in [1.165, 1.54) is 87.3 Å². The molecular formula is C42H52N2Si3. The Hall–Kier alpha value is -3.39. The van der Waals surface area contributed by atoms with E-state index >= 15 is 0 Å². The van der Waals surface area contributed by atoms with Crippen molar-refractivity contribution in [3.8, 4) is 0 Å². The van der Waals surface area contributed by atoms with E-state index in [1.54, 1.807) is 0 Å². The number of nitrogens with one attached hydrogen (secondary N) is 2. The molecule has 0 amide bonds. The average Bonchev–Trinajstić information content (AvgIpc) is 2.99. The normalized spacial score (nSPS) is 12.7. The van der Waals surface area contributed by atoms with Crippen LogP contribution in [-0.4, -0.2) is 25.7 Å². The maximum absolute atomic E-state index is 4.02. The molecule has 0 aliphatic carbocycles. The van der Waals surface area contributed by atoms with Crippen molar-refractivity contribution in [2.75, 3.05) is 10.6 Å². The van der Waals surface area contributed by atoms with Crippen molar-refractivity contribution in [2.45, 2.75) is 92.3 Å². The lowest BCUT2D eigenvalue weighted by atomic mass is 9.84. The standard InChI is InChI=1S/C42H52N2Si3/c1-25(2)37-23-39(43-28-17-27(5)18-30(19-28)45-6)35-15-13-34-38(26(3)4)24-40(36-16-14-33(37)41(35)42(34)36)44-29-20-31(46(7,8)9)22-32(21-29)47(10,11)12/h13-26,43-44H,1-12H3. The van der Waals surface area contributed by atoms with Crippen LogP contribution >= 0.6 is 0 Å². The fraction of sp³-hybridized carbons (Fsp3) is 0.333. The Morgan fingerprint density at radius 2 is 0.957 bits per heavy atom. The predicted molar refractivity (Wildman–Crippen MR) is 220 cm³/mol. The number of rotatable bonds is 9. The van der Waals surface area contributed by atoms with Gasteiger partial charge in [-0.15, -0.1) is 0 Å². The third kappa shape index (κ3) is 6.42. The predicted octanol–water partition coefficient (Wildman–Crippen LogP) is 11.1. The number of hydrogen-bond acceptors (Lipinski definition) is 2. The molecule has 6 rings (SSSR count). The fourth-order valence-electron chi connectivity index (χ4n) is 7.09. The summed E-state index contributed by atoms with van der Waals surface area (Å²) in [5, 5.41) is 20.5. The first-order valence-electron chi connectivity index (χ1n) is 17.3. The quantitative estimate of drug-likeness (QED) is 0.118. The summed E-state index contributed by atoms with van der Waals surface area (Å²) in [6, 6.07) is 28.7. The van der Waals surface area contributed by atoms with Gasteiger partial charge in [-0.3, -0.25) is 0 Å². The molecule has 5 heteroatoms. The van der Waals surface area contributed by atoms with Crippen LogP contribution < -0.4 is 26.2 Å². The van der Waals surface area contributed by atoms with Gasteiger partial charge in [0.25, 0.3) is 0 Å². The van der Waals surface area contributed by atoms with Crippen molar-refractivity contribution in [2.24, 2.45) is 0 Å². The topological polar surface area (TPSA) is 24.1 Å². The van der Waals surface area contributed by atoms with Crippen LogP contribution in [0.2, 0.25) is 45.8 Å². The Morgan fingerprint density at radius 3 is 1.36 bits per heavy atom. The van der Waals surface area contributed by atoms with Gasteiger partial charge in [0.1, 0.15) is 0 Å². The molecule has 242 valence electrons. The summed E-state index contributed by atoms with van der Waals surface area (Å²) in [7, 11) is -2.26. The Bertz CT molecular complexity index is 2080. The van der Waals surface area contributed by atoms with Crippen LogP contribution in [0.15, 0.2) is 72.8 Å². The monoisotopic (exact) mass is 668 g/mol. The minimum absolute atomic E-state index is 0.397. The molecule has 0 fully saturated rings. The molecule has 0 atom stereocenters. The first kappa shape index (κ1) is 33.5. The van der Waals surface area contributed by atoms with Gasteiger partial charge in [-0.2, -0.15) is 0 Å². The van der Waals surface area contributed by atoms with Gasteiger partial charge in [0.2, 0.25) is 0 Å². The van der Waals surface area contributed by atoms with Crippen LogP contribution in [0.5, 0.6) is 0 Å². The molecule has 0 aliphatic rings. The molecule has 6 aromatic carbocycles. The molecule has 0 heterocycles. The molecular weight excluding hydrogens is 617 g/mol. The summed E-state index contributed by atoms with van der Waals surface area (Å²) < 4.78 is 0. The van der Waals surface area contributed by atoms with E-state index < -0.39 is 16.1 Å². The zero-order valence-electron chi connectivity index (χ0n) is 30.6. The highest BCUT2D eigenvalue weighted by Gasteiger charge is 2.24. The molecule has 47 heavy (non-hydrogen) atoms. The summed E-state index contributed by atoms with van der Waals surface area (Å²) in [5.41, 5.74) is 8.90. The second-order valence-electron chi connectivity index (χ2n) is 16.3. The molecule has 0 aliphatic heterocycles. The maximum atomic E-state index is 4.02. The largest absolute Gasteiger partial charge is 0.355 e. The van der Waals surface area contributed by atoms with Crippen molar-refractivity contribution in [1.29, 1.82) is 0 Å². The molecule has 6 aromatic rings. The maximum Gasteiger partial charge on any atom is 0.0776 e. The third-order valence-electron chi connectivity index (χ3n) is 9.80. The van der Waals surface area contributed by atoms with Gasteiger partial charge in [-0.1, -0.05) is 125 Å². The highest BCUT2D eigenvalue weighted by atomic mass is 28.3. The molecule has 0 spiro atoms. The number of benzene rings is 6. The molecule has 0 saturated heterocycles. The van der Waals surface area contributed by atoms with Gasteiger partial charge in [0.05, 0.1) is 25.7 Å². The van der Waals surface area contributed by atoms with E-state index in [0.717, 1.165) is 9.52 Å². The Labute approximate surface area is 287 Å². The summed E-state index contributed by atoms with van der Waals surface area (Å²) in [5.74, 6) is 0.797. The van der Waals surface area contributed by atoms with Crippen LogP contribution in [0, 0.1) is 6.92 Å². The van der Waals surface area contributed by atoms with E-state index in [0.29, 0.717) is 11.8 Å². The zero-order chi connectivity index (χ0) is 34.0. The van der Waals surface area contributed by atoms with Gasteiger partial charge in [0, 0.05) is 33.5 Å². The van der Waals surface area contributed by atoms with E-state index in [-0.39, 0.29) is 0 Å². The molecule has 0 unspecified atom stereocenters. The summed E-state index contributed by atoms with van der Waals surface area (Å²) in [6.45, 7) is 28.6. The lowest BCUT2D eigenvalue weighted by molar-refractivity contribution is 0.876. The van der Waals surface area contributed by atoms with Crippen LogP contribution in [0.4, 0.5) is 22.7 Å². The molecule has 0 aromatic heterocycles. The molecule has 2 radical (unpaired) electrons. The SMILES string of the molecule is C[Si]c1cc(C)cc(Nc2cc(C(C)C)c3ccc4c(Nc5cc([Si](C)(C)C)cc([Si](C)(C)C)c5)cc(C(C)C)c5ccc2c3c45)c1. The van der Waals surface area contributed by atoms with E-state index in [1.807, 2.05) is 0 Å². The summed E-state index contributed by atoms with van der Waals surface area (Å²) in [4.78, 5) is 0. The fourth-order valence-corrected chi connectivity index (χ4v) is 10.3. The van der Waals surface area contributed by atoms with Crippen molar-refractivity contribution in [3.63, 3.8) is 0 Å². The van der Waals surface area contributed by atoms with Gasteiger partial charge >= 0.3 is 0 Å². The van der Waals surface area contributed by atoms with Gasteiger partial charge in [-0.25, -0.2) is 0 Å². The minimum Gasteiger partial charge on any atom is -0.355 e. The smallest absolute Gasteiger partial charge is 0.0776 e. The van der Waals surface area contributed by atoms with Crippen LogP contribution in [0.3, 0.4) is 0 Å². The first-order valence-corrected chi connectivity index (χ1v) is 25.8. The Morgan fingerprint density at radius 1 is 0.532 bits per heavy atom. The summed E-state index contributed by atoms with van der Waals surface area (Å²) in [6.07, 6.45) is 0. The van der Waals surface area contributed by atoms with Crippen molar-refractivity contribution < 1.29 is 0 Å². The lowest BCUT2D eigenvalue weighted by Crippen LogP contribution is -2.45. The summed E-state index contributed by atoms with van der Waals surface area (Å²) >= 11 is 0. The van der Waals surface area contributed by atoms with Crippen molar-refractivity contribution >= 4 is 96.3 Å². The molecule has 0 bridgehead atoms. The lowest BCUT2D eigenvalue weighted by Gasteiger charge is -2.26. The van der Waals surface area contributed by atoms with E-state index in [2.05, 4.69) is 164 Å².